The summed E-state index contributed by atoms with van der Waals surface area (Å²) in [5.74, 6) is 0.581. The molecule has 0 aliphatic carbocycles. The monoisotopic (exact) mass is 250 g/mol. The second kappa shape index (κ2) is 5.25. The third-order valence-corrected chi connectivity index (χ3v) is 3.49. The first kappa shape index (κ1) is 12.7. The normalized spacial score (nSPS) is 19.7. The summed E-state index contributed by atoms with van der Waals surface area (Å²) in [6.45, 7) is 3.16. The molecule has 0 amide bonds. The maximum atomic E-state index is 10.8. The Morgan fingerprint density at radius 1 is 1.44 bits per heavy atom. The van der Waals surface area contributed by atoms with Gasteiger partial charge in [-0.15, -0.1) is 0 Å². The van der Waals surface area contributed by atoms with E-state index >= 15 is 0 Å². The van der Waals surface area contributed by atoms with Gasteiger partial charge in [-0.3, -0.25) is 10.1 Å². The third kappa shape index (κ3) is 2.39. The molecular weight excluding hydrogens is 232 g/mol. The van der Waals surface area contributed by atoms with Crippen LogP contribution in [0.4, 0.5) is 11.4 Å². The van der Waals surface area contributed by atoms with Crippen molar-refractivity contribution in [3.63, 3.8) is 0 Å². The van der Waals surface area contributed by atoms with Gasteiger partial charge >= 0.3 is 0 Å². The van der Waals surface area contributed by atoms with Gasteiger partial charge in [-0.1, -0.05) is 0 Å². The van der Waals surface area contributed by atoms with Gasteiger partial charge in [0.1, 0.15) is 5.75 Å². The van der Waals surface area contributed by atoms with Crippen LogP contribution < -0.4 is 9.64 Å². The lowest BCUT2D eigenvalue weighted by Crippen LogP contribution is -2.37. The van der Waals surface area contributed by atoms with Crippen LogP contribution in [-0.4, -0.2) is 24.6 Å². The highest BCUT2D eigenvalue weighted by atomic mass is 16.6. The number of nitrogens with zero attached hydrogens (tertiary/aromatic N) is 2. The standard InChI is InChI=1S/C13H18N2O3/c1-10-5-3-4-8-14(10)12-7-6-11(15(16)17)9-13(12)18-2/h6-7,9-10H,3-5,8H2,1-2H3/t10-/m1/s1. The molecule has 0 unspecified atom stereocenters. The molecule has 1 aliphatic heterocycles. The number of nitro groups is 1. The van der Waals surface area contributed by atoms with Crippen LogP contribution in [0.1, 0.15) is 26.2 Å². The Morgan fingerprint density at radius 2 is 2.22 bits per heavy atom. The topological polar surface area (TPSA) is 55.6 Å². The number of hydrogen-bond acceptors (Lipinski definition) is 4. The molecule has 0 saturated carbocycles. The number of methoxy groups -OCH3 is 1. The number of benzene rings is 1. The molecule has 0 radical (unpaired) electrons. The summed E-state index contributed by atoms with van der Waals surface area (Å²) >= 11 is 0. The molecule has 0 spiro atoms. The number of nitro benzene ring substituents is 1. The molecule has 98 valence electrons. The fourth-order valence-electron chi connectivity index (χ4n) is 2.47. The minimum absolute atomic E-state index is 0.0697. The summed E-state index contributed by atoms with van der Waals surface area (Å²) in [5, 5.41) is 10.8. The van der Waals surface area contributed by atoms with Crippen LogP contribution in [0.25, 0.3) is 0 Å². The zero-order valence-electron chi connectivity index (χ0n) is 10.8. The number of hydrogen-bond donors (Lipinski definition) is 0. The van der Waals surface area contributed by atoms with Crippen molar-refractivity contribution in [3.05, 3.63) is 28.3 Å². The number of anilines is 1. The van der Waals surface area contributed by atoms with Crippen LogP contribution in [0.3, 0.4) is 0 Å². The lowest BCUT2D eigenvalue weighted by molar-refractivity contribution is -0.384. The van der Waals surface area contributed by atoms with Crippen molar-refractivity contribution in [2.24, 2.45) is 0 Å². The van der Waals surface area contributed by atoms with E-state index in [0.717, 1.165) is 25.1 Å². The molecule has 1 aromatic carbocycles. The zero-order chi connectivity index (χ0) is 13.1. The highest BCUT2D eigenvalue weighted by Gasteiger charge is 2.22. The van der Waals surface area contributed by atoms with E-state index in [1.54, 1.807) is 19.2 Å². The smallest absolute Gasteiger partial charge is 0.273 e. The Balaban J connectivity index is 2.34. The first-order chi connectivity index (χ1) is 8.63. The van der Waals surface area contributed by atoms with E-state index in [1.165, 1.54) is 12.5 Å². The first-order valence-corrected chi connectivity index (χ1v) is 6.22. The van der Waals surface area contributed by atoms with E-state index in [0.29, 0.717) is 11.8 Å². The van der Waals surface area contributed by atoms with Crippen molar-refractivity contribution in [2.45, 2.75) is 32.2 Å². The van der Waals surface area contributed by atoms with Crippen molar-refractivity contribution in [1.82, 2.24) is 0 Å². The summed E-state index contributed by atoms with van der Waals surface area (Å²) < 4.78 is 5.29. The number of piperidine rings is 1. The van der Waals surface area contributed by atoms with Crippen molar-refractivity contribution in [1.29, 1.82) is 0 Å². The second-order valence-electron chi connectivity index (χ2n) is 4.65. The molecule has 1 fully saturated rings. The van der Waals surface area contributed by atoms with Crippen molar-refractivity contribution < 1.29 is 9.66 Å². The van der Waals surface area contributed by atoms with Crippen LogP contribution in [0.15, 0.2) is 18.2 Å². The van der Waals surface area contributed by atoms with Gasteiger partial charge in [0.05, 0.1) is 23.8 Å². The third-order valence-electron chi connectivity index (χ3n) is 3.49. The van der Waals surface area contributed by atoms with Crippen molar-refractivity contribution >= 4 is 11.4 Å². The summed E-state index contributed by atoms with van der Waals surface area (Å²) in [7, 11) is 1.55. The van der Waals surface area contributed by atoms with Gasteiger partial charge in [-0.25, -0.2) is 0 Å². The van der Waals surface area contributed by atoms with Gasteiger partial charge in [0, 0.05) is 18.7 Å². The summed E-state index contributed by atoms with van der Waals surface area (Å²) in [6.07, 6.45) is 3.55. The van der Waals surface area contributed by atoms with Crippen molar-refractivity contribution in [3.8, 4) is 5.75 Å². The lowest BCUT2D eigenvalue weighted by Gasteiger charge is -2.36. The lowest BCUT2D eigenvalue weighted by atomic mass is 10.0. The minimum atomic E-state index is -0.397. The predicted molar refractivity (Wildman–Crippen MR) is 70.3 cm³/mol. The van der Waals surface area contributed by atoms with Gasteiger partial charge in [-0.2, -0.15) is 0 Å². The Kier molecular flexibility index (Phi) is 3.69. The summed E-state index contributed by atoms with van der Waals surface area (Å²) in [5.41, 5.74) is 1.02. The van der Waals surface area contributed by atoms with Gasteiger partial charge in [-0.05, 0) is 32.3 Å². The SMILES string of the molecule is COc1cc([N+](=O)[O-])ccc1N1CCCC[C@H]1C. The Morgan fingerprint density at radius 3 is 2.83 bits per heavy atom. The molecule has 2 rings (SSSR count). The fourth-order valence-corrected chi connectivity index (χ4v) is 2.47. The van der Waals surface area contributed by atoms with Crippen LogP contribution in [-0.2, 0) is 0 Å². The molecule has 0 N–H and O–H groups in total. The van der Waals surface area contributed by atoms with E-state index in [9.17, 15) is 10.1 Å². The molecule has 1 aromatic rings. The molecule has 1 saturated heterocycles. The largest absolute Gasteiger partial charge is 0.494 e. The zero-order valence-corrected chi connectivity index (χ0v) is 10.8. The minimum Gasteiger partial charge on any atom is -0.494 e. The summed E-state index contributed by atoms with van der Waals surface area (Å²) in [4.78, 5) is 12.6. The van der Waals surface area contributed by atoms with Gasteiger partial charge in [0.15, 0.2) is 0 Å². The Bertz CT molecular complexity index is 448. The molecular formula is C13H18N2O3. The van der Waals surface area contributed by atoms with E-state index in [1.807, 2.05) is 0 Å². The predicted octanol–water partition coefficient (Wildman–Crippen LogP) is 2.98. The van der Waals surface area contributed by atoms with E-state index < -0.39 is 4.92 Å². The average molecular weight is 250 g/mol. The van der Waals surface area contributed by atoms with Crippen molar-refractivity contribution in [2.75, 3.05) is 18.6 Å². The van der Waals surface area contributed by atoms with Crippen LogP contribution in [0.2, 0.25) is 0 Å². The van der Waals surface area contributed by atoms with E-state index in [4.69, 9.17) is 4.74 Å². The molecule has 5 heteroatoms. The number of rotatable bonds is 3. The van der Waals surface area contributed by atoms with Crippen LogP contribution >= 0.6 is 0 Å². The van der Waals surface area contributed by atoms with Gasteiger partial charge in [0.25, 0.3) is 5.69 Å². The highest BCUT2D eigenvalue weighted by Crippen LogP contribution is 2.35. The Hall–Kier alpha value is -1.78. The summed E-state index contributed by atoms with van der Waals surface area (Å²) in [6, 6.07) is 5.28. The molecule has 18 heavy (non-hydrogen) atoms. The maximum Gasteiger partial charge on any atom is 0.273 e. The quantitative estimate of drug-likeness (QED) is 0.611. The van der Waals surface area contributed by atoms with Gasteiger partial charge < -0.3 is 9.64 Å². The number of non-ortho nitro benzene ring substituents is 1. The molecule has 1 aliphatic rings. The van der Waals surface area contributed by atoms with Crippen LogP contribution in [0, 0.1) is 10.1 Å². The van der Waals surface area contributed by atoms with Gasteiger partial charge in [0.2, 0.25) is 0 Å². The molecule has 0 aromatic heterocycles. The maximum absolute atomic E-state index is 10.8. The molecule has 0 bridgehead atoms. The van der Waals surface area contributed by atoms with E-state index in [2.05, 4.69) is 11.8 Å². The average Bonchev–Trinajstić information content (AvgIpc) is 2.38. The second-order valence-corrected chi connectivity index (χ2v) is 4.65. The molecule has 1 atom stereocenters. The van der Waals surface area contributed by atoms with E-state index in [-0.39, 0.29) is 5.69 Å². The Labute approximate surface area is 107 Å². The first-order valence-electron chi connectivity index (χ1n) is 6.22. The van der Waals surface area contributed by atoms with Crippen LogP contribution in [0.5, 0.6) is 5.75 Å². The highest BCUT2D eigenvalue weighted by molar-refractivity contribution is 5.63. The molecule has 5 nitrogen and oxygen atoms in total. The number of ether oxygens (including phenoxy) is 1. The fraction of sp³-hybridized carbons (Fsp3) is 0.538. The molecule has 1 heterocycles.